The van der Waals surface area contributed by atoms with E-state index in [0.717, 1.165) is 41.5 Å². The summed E-state index contributed by atoms with van der Waals surface area (Å²) in [5.41, 5.74) is 2.22. The fourth-order valence-corrected chi connectivity index (χ4v) is 4.55. The molecular weight excluding hydrogens is 433 g/mol. The molecule has 29 heavy (non-hydrogen) atoms. The maximum atomic E-state index is 13.5. The molecule has 3 rings (SSSR count). The third-order valence-electron chi connectivity index (χ3n) is 5.82. The highest BCUT2D eigenvalue weighted by Gasteiger charge is 2.38. The molecule has 0 aromatic heterocycles. The van der Waals surface area contributed by atoms with Crippen molar-refractivity contribution in [2.75, 3.05) is 27.2 Å². The second-order valence-corrected chi connectivity index (χ2v) is 8.89. The molecule has 0 N–H and O–H groups in total. The smallest absolute Gasteiger partial charge is 0.223 e. The van der Waals surface area contributed by atoms with Gasteiger partial charge in [-0.1, -0.05) is 28.1 Å². The standard InChI is InChI=1S/C23H25BrFN3O/c1-27-9-7-23(8-10-27,19-3-5-21(25)6-4-19)14-22(29)28(2)16-18-11-17(15-26)12-20(24)13-18/h3-6,11-13H,7-10,14,16H2,1-2H3. The number of piperidine rings is 1. The summed E-state index contributed by atoms with van der Waals surface area (Å²) in [6, 6.07) is 14.2. The number of halogens is 2. The van der Waals surface area contributed by atoms with Gasteiger partial charge in [0, 0.05) is 29.9 Å². The third-order valence-corrected chi connectivity index (χ3v) is 6.28. The predicted molar refractivity (Wildman–Crippen MR) is 115 cm³/mol. The van der Waals surface area contributed by atoms with Crippen molar-refractivity contribution in [1.29, 1.82) is 5.26 Å². The van der Waals surface area contributed by atoms with Gasteiger partial charge in [-0.25, -0.2) is 4.39 Å². The Bertz CT molecular complexity index is 915. The zero-order valence-electron chi connectivity index (χ0n) is 16.8. The second kappa shape index (κ2) is 9.06. The molecule has 2 aromatic carbocycles. The monoisotopic (exact) mass is 457 g/mol. The Morgan fingerprint density at radius 2 is 1.90 bits per heavy atom. The van der Waals surface area contributed by atoms with E-state index in [1.54, 1.807) is 24.1 Å². The van der Waals surface area contributed by atoms with Gasteiger partial charge in [-0.2, -0.15) is 5.26 Å². The van der Waals surface area contributed by atoms with Gasteiger partial charge in [-0.05, 0) is 74.4 Å². The zero-order chi connectivity index (χ0) is 21.0. The zero-order valence-corrected chi connectivity index (χ0v) is 18.4. The quantitative estimate of drug-likeness (QED) is 0.664. The van der Waals surface area contributed by atoms with Crippen LogP contribution in [0.5, 0.6) is 0 Å². The van der Waals surface area contributed by atoms with Crippen LogP contribution in [0.1, 0.15) is 36.0 Å². The van der Waals surface area contributed by atoms with E-state index >= 15 is 0 Å². The number of hydrogen-bond donors (Lipinski definition) is 0. The van der Waals surface area contributed by atoms with Crippen LogP contribution in [0.3, 0.4) is 0 Å². The van der Waals surface area contributed by atoms with E-state index in [0.29, 0.717) is 18.5 Å². The Balaban J connectivity index is 1.78. The van der Waals surface area contributed by atoms with Crippen LogP contribution in [0.4, 0.5) is 4.39 Å². The lowest BCUT2D eigenvalue weighted by molar-refractivity contribution is -0.132. The number of amides is 1. The van der Waals surface area contributed by atoms with E-state index in [-0.39, 0.29) is 17.1 Å². The second-order valence-electron chi connectivity index (χ2n) is 7.98. The summed E-state index contributed by atoms with van der Waals surface area (Å²) in [7, 11) is 3.88. The average Bonchev–Trinajstić information content (AvgIpc) is 2.70. The number of benzene rings is 2. The van der Waals surface area contributed by atoms with E-state index in [9.17, 15) is 9.18 Å². The van der Waals surface area contributed by atoms with Crippen molar-refractivity contribution in [3.05, 3.63) is 69.4 Å². The molecule has 0 aliphatic carbocycles. The van der Waals surface area contributed by atoms with Crippen LogP contribution >= 0.6 is 15.9 Å². The Morgan fingerprint density at radius 3 is 2.52 bits per heavy atom. The lowest BCUT2D eigenvalue weighted by Gasteiger charge is -2.41. The van der Waals surface area contributed by atoms with Crippen LogP contribution in [0.15, 0.2) is 46.9 Å². The van der Waals surface area contributed by atoms with E-state index in [1.807, 2.05) is 18.2 Å². The van der Waals surface area contributed by atoms with Gasteiger partial charge in [-0.3, -0.25) is 4.79 Å². The van der Waals surface area contributed by atoms with E-state index in [4.69, 9.17) is 5.26 Å². The van der Waals surface area contributed by atoms with Crippen molar-refractivity contribution in [3.8, 4) is 6.07 Å². The van der Waals surface area contributed by atoms with Gasteiger partial charge in [0.1, 0.15) is 5.82 Å². The highest BCUT2D eigenvalue weighted by Crippen LogP contribution is 2.39. The van der Waals surface area contributed by atoms with Gasteiger partial charge in [0.05, 0.1) is 11.6 Å². The SMILES string of the molecule is CN1CCC(CC(=O)N(C)Cc2cc(Br)cc(C#N)c2)(c2ccc(F)cc2)CC1. The topological polar surface area (TPSA) is 47.3 Å². The first-order valence-corrected chi connectivity index (χ1v) is 10.5. The summed E-state index contributed by atoms with van der Waals surface area (Å²) in [5.74, 6) is -0.208. The highest BCUT2D eigenvalue weighted by atomic mass is 79.9. The number of rotatable bonds is 5. The van der Waals surface area contributed by atoms with E-state index < -0.39 is 0 Å². The number of likely N-dealkylation sites (tertiary alicyclic amines) is 1. The Kier molecular flexibility index (Phi) is 6.71. The summed E-state index contributed by atoms with van der Waals surface area (Å²) in [6.07, 6.45) is 2.12. The van der Waals surface area contributed by atoms with E-state index in [1.165, 1.54) is 12.1 Å². The Hall–Kier alpha value is -2.23. The normalized spacial score (nSPS) is 16.2. The average molecular weight is 458 g/mol. The molecule has 1 amide bonds. The molecule has 2 aromatic rings. The largest absolute Gasteiger partial charge is 0.341 e. The predicted octanol–water partition coefficient (Wildman–Crippen LogP) is 4.47. The highest BCUT2D eigenvalue weighted by molar-refractivity contribution is 9.10. The van der Waals surface area contributed by atoms with Gasteiger partial charge in [-0.15, -0.1) is 0 Å². The maximum Gasteiger partial charge on any atom is 0.223 e. The number of nitriles is 1. The Labute approximate surface area is 180 Å². The molecule has 4 nitrogen and oxygen atoms in total. The van der Waals surface area contributed by atoms with Gasteiger partial charge < -0.3 is 9.80 Å². The first-order valence-electron chi connectivity index (χ1n) is 9.69. The molecule has 0 saturated carbocycles. The molecule has 6 heteroatoms. The molecule has 0 unspecified atom stereocenters. The maximum absolute atomic E-state index is 13.5. The molecule has 152 valence electrons. The molecule has 0 spiro atoms. The van der Waals surface area contributed by atoms with Crippen LogP contribution < -0.4 is 0 Å². The molecule has 0 bridgehead atoms. The summed E-state index contributed by atoms with van der Waals surface area (Å²) in [6.45, 7) is 2.25. The summed E-state index contributed by atoms with van der Waals surface area (Å²) >= 11 is 3.42. The van der Waals surface area contributed by atoms with Gasteiger partial charge in [0.15, 0.2) is 0 Å². The molecule has 0 atom stereocenters. The lowest BCUT2D eigenvalue weighted by atomic mass is 9.70. The fraction of sp³-hybridized carbons (Fsp3) is 0.391. The van der Waals surface area contributed by atoms with Crippen LogP contribution in [0, 0.1) is 17.1 Å². The summed E-state index contributed by atoms with van der Waals surface area (Å²) < 4.78 is 14.3. The van der Waals surface area contributed by atoms with Crippen LogP contribution in [0.25, 0.3) is 0 Å². The molecule has 1 saturated heterocycles. The summed E-state index contributed by atoms with van der Waals surface area (Å²) in [4.78, 5) is 17.1. The number of carbonyl (C=O) groups excluding carboxylic acids is 1. The van der Waals surface area contributed by atoms with Crippen LogP contribution in [-0.4, -0.2) is 42.9 Å². The van der Waals surface area contributed by atoms with Crippen molar-refractivity contribution in [2.45, 2.75) is 31.2 Å². The third kappa shape index (κ3) is 5.23. The van der Waals surface area contributed by atoms with Crippen molar-refractivity contribution in [1.82, 2.24) is 9.80 Å². The van der Waals surface area contributed by atoms with Crippen molar-refractivity contribution >= 4 is 21.8 Å². The first kappa shape index (κ1) is 21.5. The van der Waals surface area contributed by atoms with Gasteiger partial charge in [0.2, 0.25) is 5.91 Å². The van der Waals surface area contributed by atoms with Gasteiger partial charge in [0.25, 0.3) is 0 Å². The number of carbonyl (C=O) groups is 1. The van der Waals surface area contributed by atoms with Crippen molar-refractivity contribution < 1.29 is 9.18 Å². The van der Waals surface area contributed by atoms with Gasteiger partial charge >= 0.3 is 0 Å². The minimum absolute atomic E-state index is 0.0531. The summed E-state index contributed by atoms with van der Waals surface area (Å²) in [5, 5.41) is 9.16. The molecule has 0 radical (unpaired) electrons. The van der Waals surface area contributed by atoms with E-state index in [2.05, 4.69) is 33.9 Å². The first-order chi connectivity index (χ1) is 13.8. The minimum atomic E-state index is -0.277. The van der Waals surface area contributed by atoms with Crippen molar-refractivity contribution in [3.63, 3.8) is 0 Å². The molecule has 1 aliphatic heterocycles. The number of nitrogens with zero attached hydrogens (tertiary/aromatic N) is 3. The molecule has 1 heterocycles. The van der Waals surface area contributed by atoms with Crippen LogP contribution in [-0.2, 0) is 16.8 Å². The molecule has 1 aliphatic rings. The Morgan fingerprint density at radius 1 is 1.24 bits per heavy atom. The van der Waals surface area contributed by atoms with Crippen LogP contribution in [0.2, 0.25) is 0 Å². The minimum Gasteiger partial charge on any atom is -0.341 e. The molecular formula is C23H25BrFN3O. The van der Waals surface area contributed by atoms with Crippen molar-refractivity contribution in [2.24, 2.45) is 0 Å². The number of hydrogen-bond acceptors (Lipinski definition) is 3. The lowest BCUT2D eigenvalue weighted by Crippen LogP contribution is -2.44. The molecule has 1 fully saturated rings. The fourth-order valence-electron chi connectivity index (χ4n) is 4.01.